The van der Waals surface area contributed by atoms with Crippen LogP contribution < -0.4 is 0 Å². The molecular weight excluding hydrogens is 205 g/mol. The minimum atomic E-state index is -4.36. The number of Topliss-reactive ketones (excluding diaryl/α,β-unsaturated/α-hetero) is 1. The molecule has 0 spiro atoms. The fourth-order valence-electron chi connectivity index (χ4n) is 0.902. The third kappa shape index (κ3) is 2.48. The van der Waals surface area contributed by atoms with Gasteiger partial charge in [-0.05, 0) is 19.1 Å². The largest absolute Gasteiger partial charge is 0.336 e. The molecule has 76 valence electrons. The number of carbonyl (C=O) groups excluding carboxylic acids is 1. The first kappa shape index (κ1) is 11.0. The lowest BCUT2D eigenvalue weighted by Crippen LogP contribution is -2.17. The maximum absolute atomic E-state index is 11.5. The zero-order valence-corrected chi connectivity index (χ0v) is 8.39. The van der Waals surface area contributed by atoms with E-state index in [-0.39, 0.29) is 5.56 Å². The molecule has 1 aromatic rings. The summed E-state index contributed by atoms with van der Waals surface area (Å²) in [7, 11) is -4.36. The second-order valence-electron chi connectivity index (χ2n) is 2.87. The van der Waals surface area contributed by atoms with Crippen molar-refractivity contribution in [3.05, 3.63) is 30.1 Å². The highest BCUT2D eigenvalue weighted by Crippen LogP contribution is 2.42. The van der Waals surface area contributed by atoms with Crippen LogP contribution in [-0.2, 0) is 4.57 Å². The van der Waals surface area contributed by atoms with Gasteiger partial charge in [-0.15, -0.1) is 0 Å². The van der Waals surface area contributed by atoms with E-state index < -0.39 is 19.0 Å². The predicted molar refractivity (Wildman–Crippen MR) is 50.1 cm³/mol. The minimum absolute atomic E-state index is 0.211. The summed E-state index contributed by atoms with van der Waals surface area (Å²) in [6, 6.07) is 3.02. The molecule has 0 aliphatic carbocycles. The zero-order valence-electron chi connectivity index (χ0n) is 7.49. The molecule has 1 atom stereocenters. The van der Waals surface area contributed by atoms with E-state index in [9.17, 15) is 9.36 Å². The Morgan fingerprint density at radius 1 is 1.57 bits per heavy atom. The molecule has 0 amide bonds. The van der Waals surface area contributed by atoms with Gasteiger partial charge >= 0.3 is 7.60 Å². The van der Waals surface area contributed by atoms with Crippen LogP contribution in [0.5, 0.6) is 0 Å². The number of hydrogen-bond donors (Lipinski definition) is 2. The molecule has 0 radical (unpaired) electrons. The second-order valence-corrected chi connectivity index (χ2v) is 4.82. The minimum Gasteiger partial charge on any atom is -0.324 e. The van der Waals surface area contributed by atoms with Gasteiger partial charge in [-0.1, -0.05) is 0 Å². The van der Waals surface area contributed by atoms with E-state index in [2.05, 4.69) is 4.98 Å². The number of aromatic nitrogens is 1. The van der Waals surface area contributed by atoms with Crippen LogP contribution in [0, 0.1) is 0 Å². The van der Waals surface area contributed by atoms with E-state index in [0.29, 0.717) is 0 Å². The number of pyridine rings is 1. The summed E-state index contributed by atoms with van der Waals surface area (Å²) in [5.41, 5.74) is -1.10. The molecule has 0 saturated carbocycles. The van der Waals surface area contributed by atoms with Gasteiger partial charge in [0, 0.05) is 18.0 Å². The van der Waals surface area contributed by atoms with Crippen LogP contribution in [0.25, 0.3) is 0 Å². The lowest BCUT2D eigenvalue weighted by Gasteiger charge is -2.11. The molecule has 1 aromatic heterocycles. The van der Waals surface area contributed by atoms with Crippen molar-refractivity contribution < 1.29 is 19.1 Å². The molecule has 0 fully saturated rings. The standard InChI is InChI=1S/C8H10NO4P/c1-6(14(11,12)13)8(10)7-3-2-4-9-5-7/h2-6H,1H3,(H2,11,12,13). The van der Waals surface area contributed by atoms with Crippen molar-refractivity contribution in [1.82, 2.24) is 4.98 Å². The van der Waals surface area contributed by atoms with Crippen LogP contribution in [0.3, 0.4) is 0 Å². The highest BCUT2D eigenvalue weighted by Gasteiger charge is 2.31. The van der Waals surface area contributed by atoms with Crippen molar-refractivity contribution in [1.29, 1.82) is 0 Å². The third-order valence-corrected chi connectivity index (χ3v) is 3.07. The Kier molecular flexibility index (Phi) is 3.16. The molecule has 0 aliphatic heterocycles. The first-order valence-electron chi connectivity index (χ1n) is 3.92. The van der Waals surface area contributed by atoms with Crippen LogP contribution in [0.4, 0.5) is 0 Å². The molecule has 1 heterocycles. The quantitative estimate of drug-likeness (QED) is 0.576. The Bertz CT molecular complexity index is 372. The van der Waals surface area contributed by atoms with Crippen LogP contribution in [0.15, 0.2) is 24.5 Å². The normalized spacial score (nSPS) is 13.6. The Labute approximate surface area is 81.0 Å². The fourth-order valence-corrected chi connectivity index (χ4v) is 1.36. The summed E-state index contributed by atoms with van der Waals surface area (Å²) >= 11 is 0. The molecule has 2 N–H and O–H groups in total. The maximum Gasteiger partial charge on any atom is 0.336 e. The molecule has 0 aliphatic rings. The number of hydrogen-bond acceptors (Lipinski definition) is 3. The van der Waals surface area contributed by atoms with Crippen molar-refractivity contribution >= 4 is 13.4 Å². The Morgan fingerprint density at radius 2 is 2.21 bits per heavy atom. The highest BCUT2D eigenvalue weighted by molar-refractivity contribution is 7.53. The van der Waals surface area contributed by atoms with Gasteiger partial charge in [0.05, 0.1) is 0 Å². The van der Waals surface area contributed by atoms with Crippen molar-refractivity contribution in [2.45, 2.75) is 12.6 Å². The van der Waals surface area contributed by atoms with Gasteiger partial charge in [0.2, 0.25) is 0 Å². The number of rotatable bonds is 3. The fraction of sp³-hybridized carbons (Fsp3) is 0.250. The summed E-state index contributed by atoms with van der Waals surface area (Å²) in [6.45, 7) is 1.20. The van der Waals surface area contributed by atoms with Crippen molar-refractivity contribution in [3.8, 4) is 0 Å². The molecule has 1 rings (SSSR count). The highest BCUT2D eigenvalue weighted by atomic mass is 31.2. The average molecular weight is 215 g/mol. The van der Waals surface area contributed by atoms with Crippen molar-refractivity contribution in [3.63, 3.8) is 0 Å². The predicted octanol–water partition coefficient (Wildman–Crippen LogP) is 0.830. The van der Waals surface area contributed by atoms with Crippen LogP contribution in [-0.4, -0.2) is 26.2 Å². The molecule has 0 aromatic carbocycles. The van der Waals surface area contributed by atoms with E-state index >= 15 is 0 Å². The smallest absolute Gasteiger partial charge is 0.324 e. The Morgan fingerprint density at radius 3 is 2.64 bits per heavy atom. The van der Waals surface area contributed by atoms with E-state index in [4.69, 9.17) is 9.79 Å². The number of carbonyl (C=O) groups is 1. The molecule has 6 heteroatoms. The average Bonchev–Trinajstić information content (AvgIpc) is 2.15. The van der Waals surface area contributed by atoms with E-state index in [1.54, 1.807) is 6.07 Å². The second kappa shape index (κ2) is 4.00. The van der Waals surface area contributed by atoms with Gasteiger partial charge in [0.1, 0.15) is 5.66 Å². The molecule has 14 heavy (non-hydrogen) atoms. The van der Waals surface area contributed by atoms with Crippen molar-refractivity contribution in [2.75, 3.05) is 0 Å². The van der Waals surface area contributed by atoms with Gasteiger partial charge in [-0.2, -0.15) is 0 Å². The van der Waals surface area contributed by atoms with Gasteiger partial charge in [-0.3, -0.25) is 14.3 Å². The molecule has 5 nitrogen and oxygen atoms in total. The van der Waals surface area contributed by atoms with Gasteiger partial charge in [0.25, 0.3) is 0 Å². The van der Waals surface area contributed by atoms with Crippen molar-refractivity contribution in [2.24, 2.45) is 0 Å². The Balaban J connectivity index is 2.93. The Hall–Kier alpha value is -1.03. The molecule has 0 bridgehead atoms. The summed E-state index contributed by atoms with van der Waals surface area (Å²) < 4.78 is 10.8. The maximum atomic E-state index is 11.5. The summed E-state index contributed by atoms with van der Waals surface area (Å²) in [6.07, 6.45) is 2.77. The third-order valence-electron chi connectivity index (χ3n) is 1.83. The van der Waals surface area contributed by atoms with Gasteiger partial charge in [-0.25, -0.2) is 0 Å². The first-order valence-corrected chi connectivity index (χ1v) is 5.60. The summed E-state index contributed by atoms with van der Waals surface area (Å²) in [4.78, 5) is 32.7. The first-order chi connectivity index (χ1) is 6.43. The van der Waals surface area contributed by atoms with Crippen LogP contribution in [0.1, 0.15) is 17.3 Å². The molecule has 1 unspecified atom stereocenters. The van der Waals surface area contributed by atoms with Crippen LogP contribution >= 0.6 is 7.60 Å². The van der Waals surface area contributed by atoms with E-state index in [1.165, 1.54) is 25.4 Å². The summed E-state index contributed by atoms with van der Waals surface area (Å²) in [5, 5.41) is 0. The lowest BCUT2D eigenvalue weighted by molar-refractivity contribution is 0.0983. The topological polar surface area (TPSA) is 87.5 Å². The lowest BCUT2D eigenvalue weighted by atomic mass is 10.1. The number of nitrogens with zero attached hydrogens (tertiary/aromatic N) is 1. The monoisotopic (exact) mass is 215 g/mol. The van der Waals surface area contributed by atoms with Gasteiger partial charge < -0.3 is 9.79 Å². The molecular formula is C8H10NO4P. The van der Waals surface area contributed by atoms with E-state index in [0.717, 1.165) is 0 Å². The van der Waals surface area contributed by atoms with Gasteiger partial charge in [0.15, 0.2) is 5.78 Å². The van der Waals surface area contributed by atoms with Crippen LogP contribution in [0.2, 0.25) is 0 Å². The van der Waals surface area contributed by atoms with E-state index in [1.807, 2.05) is 0 Å². The summed E-state index contributed by atoms with van der Waals surface area (Å²) in [5.74, 6) is -0.591. The zero-order chi connectivity index (χ0) is 10.8. The molecule has 0 saturated heterocycles. The number of ketones is 1. The SMILES string of the molecule is CC(C(=O)c1cccnc1)P(=O)(O)O.